The third-order valence-corrected chi connectivity index (χ3v) is 7.13. The number of carbonyl (C=O) groups excluding carboxylic acids is 2. The molecule has 4 aromatic rings. The van der Waals surface area contributed by atoms with Gasteiger partial charge in [0.15, 0.2) is 5.69 Å². The lowest BCUT2D eigenvalue weighted by Gasteiger charge is -2.25. The number of Topliss-reactive ketones (excluding diaryl/α,β-unsaturated/α-hetero) is 1. The standard InChI is InChI=1S/C29H28F3N5O3/c30-29(31,32)25-23(18-37(36-25)22-10-5-2-6-11-22)26(39)33-17-7-12-24(38)19-13-15-21(16-14-19)28-35-34-27(40-28)20-8-3-1-4-9-20/h1-6,8-11,18-19,21H,7,12-17H2,(H,33,39). The average molecular weight is 552 g/mol. The van der Waals surface area contributed by atoms with Crippen molar-refractivity contribution in [2.24, 2.45) is 5.92 Å². The van der Waals surface area contributed by atoms with Crippen LogP contribution in [-0.4, -0.2) is 38.2 Å². The van der Waals surface area contributed by atoms with Crippen LogP contribution in [-0.2, 0) is 11.0 Å². The lowest BCUT2D eigenvalue weighted by atomic mass is 9.79. The molecule has 208 valence electrons. The van der Waals surface area contributed by atoms with E-state index in [1.54, 1.807) is 30.3 Å². The number of rotatable bonds is 9. The van der Waals surface area contributed by atoms with Crippen LogP contribution in [0, 0.1) is 5.92 Å². The molecule has 1 N–H and O–H groups in total. The Morgan fingerprint density at radius 2 is 1.62 bits per heavy atom. The van der Waals surface area contributed by atoms with Crippen LogP contribution in [0.5, 0.6) is 0 Å². The van der Waals surface area contributed by atoms with Crippen LogP contribution in [0.1, 0.15) is 66.4 Å². The van der Waals surface area contributed by atoms with Crippen LogP contribution in [0.2, 0.25) is 0 Å². The van der Waals surface area contributed by atoms with Crippen LogP contribution in [0.3, 0.4) is 0 Å². The van der Waals surface area contributed by atoms with Gasteiger partial charge in [0.1, 0.15) is 5.78 Å². The number of benzene rings is 2. The largest absolute Gasteiger partial charge is 0.435 e. The Morgan fingerprint density at radius 1 is 0.950 bits per heavy atom. The lowest BCUT2D eigenvalue weighted by molar-refractivity contribution is -0.141. The average Bonchev–Trinajstić information content (AvgIpc) is 3.65. The zero-order chi connectivity index (χ0) is 28.1. The first-order valence-corrected chi connectivity index (χ1v) is 13.2. The molecule has 40 heavy (non-hydrogen) atoms. The highest BCUT2D eigenvalue weighted by Gasteiger charge is 2.39. The highest BCUT2D eigenvalue weighted by molar-refractivity contribution is 5.95. The molecule has 1 aliphatic carbocycles. The first kappa shape index (κ1) is 27.3. The fraction of sp³-hybridized carbons (Fsp3) is 0.345. The van der Waals surface area contributed by atoms with Crippen LogP contribution < -0.4 is 5.32 Å². The number of halogens is 3. The predicted octanol–water partition coefficient (Wildman–Crippen LogP) is 5.99. The molecular weight excluding hydrogens is 523 g/mol. The molecule has 0 unspecified atom stereocenters. The summed E-state index contributed by atoms with van der Waals surface area (Å²) in [4.78, 5) is 25.4. The zero-order valence-corrected chi connectivity index (χ0v) is 21.6. The summed E-state index contributed by atoms with van der Waals surface area (Å²) in [6.07, 6.45) is -0.217. The highest BCUT2D eigenvalue weighted by atomic mass is 19.4. The summed E-state index contributed by atoms with van der Waals surface area (Å²) in [7, 11) is 0. The Balaban J connectivity index is 1.09. The molecule has 0 saturated heterocycles. The molecule has 1 fully saturated rings. The van der Waals surface area contributed by atoms with Crippen molar-refractivity contribution in [3.05, 3.63) is 84.0 Å². The normalized spacial score (nSPS) is 17.5. The minimum Gasteiger partial charge on any atom is -0.420 e. The molecule has 2 aromatic carbocycles. The van der Waals surface area contributed by atoms with E-state index < -0.39 is 23.3 Å². The fourth-order valence-corrected chi connectivity index (χ4v) is 4.99. The SMILES string of the molecule is O=C(NCCCC(=O)C1CCC(c2nnc(-c3ccccc3)o2)CC1)c1cn(-c2ccccc2)nc1C(F)(F)F. The number of ketones is 1. The number of amides is 1. The van der Waals surface area contributed by atoms with Gasteiger partial charge in [0.2, 0.25) is 11.8 Å². The zero-order valence-electron chi connectivity index (χ0n) is 21.6. The molecule has 2 heterocycles. The van der Waals surface area contributed by atoms with Crippen molar-refractivity contribution in [2.45, 2.75) is 50.6 Å². The van der Waals surface area contributed by atoms with Gasteiger partial charge in [0.05, 0.1) is 11.3 Å². The molecule has 1 aliphatic rings. The summed E-state index contributed by atoms with van der Waals surface area (Å²) in [5, 5.41) is 14.5. The molecule has 0 bridgehead atoms. The third-order valence-electron chi connectivity index (χ3n) is 7.13. The van der Waals surface area contributed by atoms with Crippen molar-refractivity contribution in [3.8, 4) is 17.1 Å². The van der Waals surface area contributed by atoms with E-state index in [0.717, 1.165) is 29.3 Å². The number of para-hydroxylation sites is 1. The third kappa shape index (κ3) is 6.30. The summed E-state index contributed by atoms with van der Waals surface area (Å²) in [6, 6.07) is 17.8. The van der Waals surface area contributed by atoms with Gasteiger partial charge in [0, 0.05) is 36.6 Å². The van der Waals surface area contributed by atoms with Crippen molar-refractivity contribution < 1.29 is 27.2 Å². The van der Waals surface area contributed by atoms with Gasteiger partial charge in [-0.25, -0.2) is 4.68 Å². The molecule has 1 amide bonds. The Bertz CT molecular complexity index is 1440. The number of nitrogens with zero attached hydrogens (tertiary/aromatic N) is 4. The maximum absolute atomic E-state index is 13.5. The molecule has 0 radical (unpaired) electrons. The predicted molar refractivity (Wildman–Crippen MR) is 140 cm³/mol. The fourth-order valence-electron chi connectivity index (χ4n) is 4.99. The minimum absolute atomic E-state index is 0.0813. The van der Waals surface area contributed by atoms with Gasteiger partial charge >= 0.3 is 6.18 Å². The number of hydrogen-bond acceptors (Lipinski definition) is 6. The summed E-state index contributed by atoms with van der Waals surface area (Å²) in [5.41, 5.74) is -0.545. The van der Waals surface area contributed by atoms with Gasteiger partial charge in [-0.05, 0) is 56.4 Å². The Kier molecular flexibility index (Phi) is 8.09. The number of carbonyl (C=O) groups is 2. The summed E-state index contributed by atoms with van der Waals surface area (Å²) < 4.78 is 47.5. The number of aromatic nitrogens is 4. The monoisotopic (exact) mass is 551 g/mol. The van der Waals surface area contributed by atoms with Crippen molar-refractivity contribution in [1.82, 2.24) is 25.3 Å². The Morgan fingerprint density at radius 3 is 2.30 bits per heavy atom. The van der Waals surface area contributed by atoms with Crippen molar-refractivity contribution in [2.75, 3.05) is 6.54 Å². The van der Waals surface area contributed by atoms with E-state index in [0.29, 0.717) is 36.7 Å². The highest BCUT2D eigenvalue weighted by Crippen LogP contribution is 2.37. The number of nitrogens with one attached hydrogen (secondary N) is 1. The Labute approximate surface area is 228 Å². The quantitative estimate of drug-likeness (QED) is 0.256. The van der Waals surface area contributed by atoms with E-state index in [1.165, 1.54) is 0 Å². The molecule has 0 aliphatic heterocycles. The van der Waals surface area contributed by atoms with Gasteiger partial charge in [-0.15, -0.1) is 10.2 Å². The maximum Gasteiger partial charge on any atom is 0.435 e. The van der Waals surface area contributed by atoms with Gasteiger partial charge in [-0.2, -0.15) is 18.3 Å². The molecule has 2 aromatic heterocycles. The van der Waals surface area contributed by atoms with E-state index >= 15 is 0 Å². The lowest BCUT2D eigenvalue weighted by Crippen LogP contribution is -2.27. The van der Waals surface area contributed by atoms with Gasteiger partial charge in [-0.3, -0.25) is 9.59 Å². The van der Waals surface area contributed by atoms with Gasteiger partial charge in [0.25, 0.3) is 5.91 Å². The van der Waals surface area contributed by atoms with E-state index in [4.69, 9.17) is 4.42 Å². The second-order valence-corrected chi connectivity index (χ2v) is 9.86. The summed E-state index contributed by atoms with van der Waals surface area (Å²) in [5.74, 6) is 0.289. The summed E-state index contributed by atoms with van der Waals surface area (Å²) >= 11 is 0. The Hall–Kier alpha value is -4.28. The van der Waals surface area contributed by atoms with E-state index in [9.17, 15) is 22.8 Å². The van der Waals surface area contributed by atoms with E-state index in [2.05, 4.69) is 20.6 Å². The first-order valence-electron chi connectivity index (χ1n) is 13.2. The van der Waals surface area contributed by atoms with Gasteiger partial charge < -0.3 is 9.73 Å². The number of hydrogen-bond donors (Lipinski definition) is 1. The molecule has 11 heteroatoms. The van der Waals surface area contributed by atoms with Crippen molar-refractivity contribution >= 4 is 11.7 Å². The molecule has 0 spiro atoms. The van der Waals surface area contributed by atoms with Crippen molar-refractivity contribution in [3.63, 3.8) is 0 Å². The van der Waals surface area contributed by atoms with Gasteiger partial charge in [-0.1, -0.05) is 36.4 Å². The van der Waals surface area contributed by atoms with Crippen LogP contribution in [0.15, 0.2) is 71.3 Å². The first-order chi connectivity index (χ1) is 19.3. The van der Waals surface area contributed by atoms with Crippen LogP contribution in [0.25, 0.3) is 17.1 Å². The van der Waals surface area contributed by atoms with E-state index in [-0.39, 0.29) is 30.6 Å². The number of alkyl halides is 3. The molecule has 8 nitrogen and oxygen atoms in total. The molecular formula is C29H28F3N5O3. The van der Waals surface area contributed by atoms with E-state index in [1.807, 2.05) is 30.3 Å². The molecule has 1 saturated carbocycles. The van der Waals surface area contributed by atoms with Crippen LogP contribution in [0.4, 0.5) is 13.2 Å². The second kappa shape index (κ2) is 11.8. The van der Waals surface area contributed by atoms with Crippen molar-refractivity contribution in [1.29, 1.82) is 0 Å². The smallest absolute Gasteiger partial charge is 0.420 e. The maximum atomic E-state index is 13.5. The minimum atomic E-state index is -4.79. The molecule has 5 rings (SSSR count). The topological polar surface area (TPSA) is 103 Å². The second-order valence-electron chi connectivity index (χ2n) is 9.86. The molecule has 0 atom stereocenters. The van der Waals surface area contributed by atoms with Crippen LogP contribution >= 0.6 is 0 Å². The summed E-state index contributed by atoms with van der Waals surface area (Å²) in [6.45, 7) is 0.0813.